The maximum atomic E-state index is 8.79. The van der Waals surface area contributed by atoms with Crippen LogP contribution in [0.4, 0.5) is 0 Å². The topological polar surface area (TPSA) is 79.6 Å². The Morgan fingerprint density at radius 1 is 1.55 bits per heavy atom. The lowest BCUT2D eigenvalue weighted by Gasteiger charge is -2.04. The Morgan fingerprint density at radius 3 is 2.73 bits per heavy atom. The molecule has 0 spiro atoms. The molecule has 0 aliphatic carbocycles. The fourth-order valence-corrected chi connectivity index (χ4v) is 0.823. The van der Waals surface area contributed by atoms with Crippen molar-refractivity contribution in [3.8, 4) is 5.95 Å². The Hall–Kier alpha value is -1.00. The van der Waals surface area contributed by atoms with Crippen molar-refractivity contribution in [2.45, 2.75) is 12.5 Å². The average molecular weight is 157 g/mol. The van der Waals surface area contributed by atoms with E-state index in [9.17, 15) is 0 Å². The number of aromatic hydroxyl groups is 1. The maximum Gasteiger partial charge on any atom is 0.281 e. The Balaban J connectivity index is 2.60. The molecule has 1 atom stereocenters. The van der Waals surface area contributed by atoms with E-state index in [0.717, 1.165) is 0 Å². The second-order valence-electron chi connectivity index (χ2n) is 2.29. The zero-order valence-electron chi connectivity index (χ0n) is 6.03. The number of rotatable bonds is 3. The van der Waals surface area contributed by atoms with Gasteiger partial charge in [-0.2, -0.15) is 0 Å². The summed E-state index contributed by atoms with van der Waals surface area (Å²) in [5.41, 5.74) is 5.55. The average Bonchev–Trinajstić information content (AvgIpc) is 2.36. The zero-order chi connectivity index (χ0) is 8.27. The summed E-state index contributed by atoms with van der Waals surface area (Å²) in [6, 6.07) is 2.68. The van der Waals surface area contributed by atoms with E-state index in [1.54, 1.807) is 6.07 Å². The van der Waals surface area contributed by atoms with Crippen molar-refractivity contribution in [3.05, 3.63) is 17.9 Å². The molecule has 0 amide bonds. The molecule has 0 saturated carbocycles. The van der Waals surface area contributed by atoms with Crippen molar-refractivity contribution in [2.24, 2.45) is 5.73 Å². The number of furan rings is 1. The molecule has 0 fully saturated rings. The van der Waals surface area contributed by atoms with Gasteiger partial charge in [0.15, 0.2) is 0 Å². The summed E-state index contributed by atoms with van der Waals surface area (Å²) in [5, 5.41) is 17.3. The SMILES string of the molecule is N[C@@H](CCO)c1ccc(O)o1. The van der Waals surface area contributed by atoms with Crippen LogP contribution in [-0.4, -0.2) is 16.8 Å². The van der Waals surface area contributed by atoms with Gasteiger partial charge in [0.05, 0.1) is 6.04 Å². The predicted molar refractivity (Wildman–Crippen MR) is 39.0 cm³/mol. The van der Waals surface area contributed by atoms with Gasteiger partial charge in [0.2, 0.25) is 0 Å². The van der Waals surface area contributed by atoms with Gasteiger partial charge in [-0.1, -0.05) is 0 Å². The van der Waals surface area contributed by atoms with Gasteiger partial charge in [0.1, 0.15) is 5.76 Å². The van der Waals surface area contributed by atoms with E-state index in [2.05, 4.69) is 0 Å². The van der Waals surface area contributed by atoms with Gasteiger partial charge in [0.25, 0.3) is 5.95 Å². The quantitative estimate of drug-likeness (QED) is 0.592. The fourth-order valence-electron chi connectivity index (χ4n) is 0.823. The summed E-state index contributed by atoms with van der Waals surface area (Å²) in [6.45, 7) is 0.0165. The molecule has 0 aliphatic heterocycles. The van der Waals surface area contributed by atoms with Gasteiger partial charge < -0.3 is 20.4 Å². The molecule has 1 rings (SSSR count). The van der Waals surface area contributed by atoms with Crippen molar-refractivity contribution in [3.63, 3.8) is 0 Å². The summed E-state index contributed by atoms with van der Waals surface area (Å²) < 4.78 is 4.82. The van der Waals surface area contributed by atoms with E-state index in [1.165, 1.54) is 6.07 Å². The van der Waals surface area contributed by atoms with Crippen LogP contribution in [0.5, 0.6) is 5.95 Å². The molecule has 1 aromatic heterocycles. The van der Waals surface area contributed by atoms with E-state index < -0.39 is 0 Å². The monoisotopic (exact) mass is 157 g/mol. The molecule has 0 unspecified atom stereocenters. The van der Waals surface area contributed by atoms with Gasteiger partial charge in [0, 0.05) is 12.7 Å². The summed E-state index contributed by atoms with van der Waals surface area (Å²) in [5.74, 6) is 0.352. The minimum Gasteiger partial charge on any atom is -0.481 e. The highest BCUT2D eigenvalue weighted by molar-refractivity contribution is 5.12. The van der Waals surface area contributed by atoms with Crippen LogP contribution in [0.3, 0.4) is 0 Å². The fraction of sp³-hybridized carbons (Fsp3) is 0.429. The van der Waals surface area contributed by atoms with Crippen LogP contribution < -0.4 is 5.73 Å². The van der Waals surface area contributed by atoms with Crippen LogP contribution in [0.15, 0.2) is 16.5 Å². The first kappa shape index (κ1) is 8.10. The smallest absolute Gasteiger partial charge is 0.281 e. The van der Waals surface area contributed by atoms with E-state index in [0.29, 0.717) is 12.2 Å². The zero-order valence-corrected chi connectivity index (χ0v) is 6.03. The van der Waals surface area contributed by atoms with Crippen molar-refractivity contribution >= 4 is 0 Å². The second kappa shape index (κ2) is 3.41. The molecule has 4 heteroatoms. The lowest BCUT2D eigenvalue weighted by molar-refractivity contribution is 0.259. The minimum absolute atomic E-state index is 0.0165. The lowest BCUT2D eigenvalue weighted by Crippen LogP contribution is -2.10. The molecule has 11 heavy (non-hydrogen) atoms. The van der Waals surface area contributed by atoms with Crippen LogP contribution in [0.2, 0.25) is 0 Å². The van der Waals surface area contributed by atoms with Gasteiger partial charge in [-0.3, -0.25) is 0 Å². The third-order valence-corrected chi connectivity index (χ3v) is 1.42. The first-order valence-corrected chi connectivity index (χ1v) is 3.39. The van der Waals surface area contributed by atoms with E-state index in [1.807, 2.05) is 0 Å². The maximum absolute atomic E-state index is 8.79. The third kappa shape index (κ3) is 1.96. The largest absolute Gasteiger partial charge is 0.481 e. The third-order valence-electron chi connectivity index (χ3n) is 1.42. The number of hydrogen-bond acceptors (Lipinski definition) is 4. The van der Waals surface area contributed by atoms with E-state index in [4.69, 9.17) is 20.4 Å². The Kier molecular flexibility index (Phi) is 2.51. The molecule has 0 saturated heterocycles. The summed E-state index contributed by atoms with van der Waals surface area (Å²) in [7, 11) is 0. The Morgan fingerprint density at radius 2 is 2.27 bits per heavy atom. The molecule has 0 bridgehead atoms. The molecular formula is C7H11NO3. The Bertz CT molecular complexity index is 221. The normalized spacial score (nSPS) is 13.3. The minimum atomic E-state index is -0.333. The van der Waals surface area contributed by atoms with Gasteiger partial charge >= 0.3 is 0 Å². The highest BCUT2D eigenvalue weighted by Crippen LogP contribution is 2.20. The Labute approximate surface area is 64.2 Å². The molecule has 62 valence electrons. The van der Waals surface area contributed by atoms with Crippen molar-refractivity contribution < 1.29 is 14.6 Å². The molecule has 1 aromatic rings. The highest BCUT2D eigenvalue weighted by atomic mass is 16.5. The van der Waals surface area contributed by atoms with Crippen LogP contribution in [0, 0.1) is 0 Å². The van der Waals surface area contributed by atoms with E-state index in [-0.39, 0.29) is 18.6 Å². The number of aliphatic hydroxyl groups excluding tert-OH is 1. The summed E-state index contributed by atoms with van der Waals surface area (Å²) in [6.07, 6.45) is 0.437. The van der Waals surface area contributed by atoms with Crippen LogP contribution in [0.1, 0.15) is 18.2 Å². The van der Waals surface area contributed by atoms with Crippen LogP contribution in [0.25, 0.3) is 0 Å². The predicted octanol–water partition coefficient (Wildman–Crippen LogP) is 0.367. The van der Waals surface area contributed by atoms with Crippen LogP contribution in [-0.2, 0) is 0 Å². The molecule has 0 aliphatic rings. The van der Waals surface area contributed by atoms with Gasteiger partial charge in [-0.25, -0.2) is 0 Å². The first-order valence-electron chi connectivity index (χ1n) is 3.39. The lowest BCUT2D eigenvalue weighted by atomic mass is 10.2. The van der Waals surface area contributed by atoms with Gasteiger partial charge in [-0.05, 0) is 12.5 Å². The molecule has 0 radical (unpaired) electrons. The number of hydrogen-bond donors (Lipinski definition) is 3. The standard InChI is InChI=1S/C7H11NO3/c8-5(3-4-9)6-1-2-7(10)11-6/h1-2,5,9-10H,3-4,8H2/t5-/m0/s1. The van der Waals surface area contributed by atoms with E-state index >= 15 is 0 Å². The van der Waals surface area contributed by atoms with Crippen LogP contribution >= 0.6 is 0 Å². The summed E-state index contributed by atoms with van der Waals surface area (Å²) in [4.78, 5) is 0. The molecule has 4 N–H and O–H groups in total. The molecule has 0 aromatic carbocycles. The number of nitrogens with two attached hydrogens (primary N) is 1. The van der Waals surface area contributed by atoms with Crippen molar-refractivity contribution in [1.82, 2.24) is 0 Å². The molecule has 4 nitrogen and oxygen atoms in total. The highest BCUT2D eigenvalue weighted by Gasteiger charge is 2.09. The molecular weight excluding hydrogens is 146 g/mol. The molecule has 1 heterocycles. The van der Waals surface area contributed by atoms with Gasteiger partial charge in [-0.15, -0.1) is 0 Å². The summed E-state index contributed by atoms with van der Waals surface area (Å²) >= 11 is 0. The van der Waals surface area contributed by atoms with Crippen molar-refractivity contribution in [1.29, 1.82) is 0 Å². The number of aliphatic hydroxyl groups is 1. The second-order valence-corrected chi connectivity index (χ2v) is 2.29. The van der Waals surface area contributed by atoms with Crippen molar-refractivity contribution in [2.75, 3.05) is 6.61 Å². The first-order chi connectivity index (χ1) is 5.24.